The van der Waals surface area contributed by atoms with E-state index in [1.165, 1.54) is 0 Å². The molecular weight excluding hydrogens is 382 g/mol. The molecule has 160 valence electrons. The Labute approximate surface area is 167 Å². The van der Waals surface area contributed by atoms with Gasteiger partial charge in [0.05, 0.1) is 0 Å². The summed E-state index contributed by atoms with van der Waals surface area (Å²) in [4.78, 5) is 0. The van der Waals surface area contributed by atoms with Gasteiger partial charge in [-0.25, -0.2) is 0 Å². The van der Waals surface area contributed by atoms with Gasteiger partial charge >= 0.3 is 17.6 Å². The first-order chi connectivity index (χ1) is 13.1. The molecule has 0 aromatic rings. The summed E-state index contributed by atoms with van der Waals surface area (Å²) < 4.78 is 34.7. The number of hydrogen-bond acceptors (Lipinski definition) is 7. The monoisotopic (exact) mass is 421 g/mol. The van der Waals surface area contributed by atoms with Crippen LogP contribution in [0.5, 0.6) is 0 Å². The molecule has 0 atom stereocenters. The van der Waals surface area contributed by atoms with Crippen LogP contribution in [0.1, 0.15) is 41.5 Å². The van der Waals surface area contributed by atoms with Crippen molar-refractivity contribution in [2.75, 3.05) is 52.7 Å². The van der Waals surface area contributed by atoms with Crippen molar-refractivity contribution in [1.82, 2.24) is 5.32 Å². The van der Waals surface area contributed by atoms with Gasteiger partial charge in [-0.3, -0.25) is 0 Å². The molecule has 0 aromatic heterocycles. The minimum absolute atomic E-state index is 0.561. The third-order valence-electron chi connectivity index (χ3n) is 3.24. The van der Waals surface area contributed by atoms with Gasteiger partial charge in [0, 0.05) is 52.7 Å². The van der Waals surface area contributed by atoms with E-state index < -0.39 is 17.6 Å². The zero-order valence-electron chi connectivity index (χ0n) is 17.9. The summed E-state index contributed by atoms with van der Waals surface area (Å²) in [6, 6.07) is 0. The van der Waals surface area contributed by atoms with Crippen LogP contribution in [0.3, 0.4) is 0 Å². The Balaban J connectivity index is 4.62. The molecule has 0 spiro atoms. The van der Waals surface area contributed by atoms with Crippen molar-refractivity contribution in [2.45, 2.75) is 41.5 Å². The van der Waals surface area contributed by atoms with Gasteiger partial charge < -0.3 is 31.9 Å². The fraction of sp³-hybridized carbons (Fsp3) is 0.778. The van der Waals surface area contributed by atoms with E-state index in [4.69, 9.17) is 26.6 Å². The van der Waals surface area contributed by atoms with Gasteiger partial charge in [0.25, 0.3) is 0 Å². The topological polar surface area (TPSA) is 67.4 Å². The van der Waals surface area contributed by atoms with E-state index in [0.29, 0.717) is 52.7 Å². The second kappa shape index (κ2) is 16.6. The average Bonchev–Trinajstić information content (AvgIpc) is 2.62. The molecule has 0 aromatic carbocycles. The van der Waals surface area contributed by atoms with Crippen LogP contribution in [-0.2, 0) is 26.6 Å². The lowest BCUT2D eigenvalue weighted by atomic mass is 10.5. The molecule has 0 rings (SSSR count). The Bertz CT molecular complexity index is 339. The first-order valence-electron chi connectivity index (χ1n) is 9.97. The summed E-state index contributed by atoms with van der Waals surface area (Å²) in [6.07, 6.45) is 4.00. The molecule has 1 N–H and O–H groups in total. The van der Waals surface area contributed by atoms with Gasteiger partial charge in [-0.05, 0) is 52.9 Å². The Morgan fingerprint density at radius 2 is 0.778 bits per heavy atom. The van der Waals surface area contributed by atoms with Crippen LogP contribution in [0.25, 0.3) is 0 Å². The molecule has 0 unspecified atom stereocenters. The summed E-state index contributed by atoms with van der Waals surface area (Å²) in [7, 11) is -5.44. The minimum atomic E-state index is -2.72. The summed E-state index contributed by atoms with van der Waals surface area (Å²) in [5.41, 5.74) is 3.89. The van der Waals surface area contributed by atoms with E-state index in [1.807, 2.05) is 65.1 Å². The van der Waals surface area contributed by atoms with Crippen LogP contribution in [-0.4, -0.2) is 70.3 Å². The highest BCUT2D eigenvalue weighted by molar-refractivity contribution is 6.66. The molecule has 27 heavy (non-hydrogen) atoms. The predicted molar refractivity (Wildman–Crippen MR) is 112 cm³/mol. The first-order valence-corrected chi connectivity index (χ1v) is 13.6. The van der Waals surface area contributed by atoms with Crippen molar-refractivity contribution >= 4 is 17.6 Å². The first kappa shape index (κ1) is 26.6. The fourth-order valence-corrected chi connectivity index (χ4v) is 6.71. The van der Waals surface area contributed by atoms with Crippen LogP contribution in [0.15, 0.2) is 23.6 Å². The summed E-state index contributed by atoms with van der Waals surface area (Å²) >= 11 is 0. The van der Waals surface area contributed by atoms with Gasteiger partial charge in [0.1, 0.15) is 0 Å². The molecule has 0 aliphatic carbocycles. The smallest absolute Gasteiger partial charge is 0.371 e. The van der Waals surface area contributed by atoms with Crippen LogP contribution in [0, 0.1) is 0 Å². The maximum Gasteiger partial charge on any atom is 0.529 e. The molecule has 0 saturated heterocycles. The van der Waals surface area contributed by atoms with Crippen LogP contribution in [0.2, 0.25) is 0 Å². The third-order valence-corrected chi connectivity index (χ3v) is 8.68. The number of nitrogens with one attached hydrogen (secondary N) is 1. The van der Waals surface area contributed by atoms with E-state index in [0.717, 1.165) is 0 Å². The Hall–Kier alpha value is -0.366. The molecule has 0 aliphatic heterocycles. The Kier molecular flexibility index (Phi) is 16.4. The highest BCUT2D eigenvalue weighted by atomic mass is 28.4. The van der Waals surface area contributed by atoms with Gasteiger partial charge in [-0.1, -0.05) is 12.2 Å². The molecule has 0 amide bonds. The normalized spacial score (nSPS) is 13.3. The lowest BCUT2D eigenvalue weighted by molar-refractivity contribution is 0.0834. The maximum absolute atomic E-state index is 5.79. The molecule has 7 nitrogen and oxygen atoms in total. The van der Waals surface area contributed by atoms with E-state index in [1.54, 1.807) is 0 Å². The molecule has 0 fully saturated rings. The SMILES string of the molecule is CCO[Si](C=CCNCC=C[Si](OCC)(OCC)OCC)(OCC)OCC. The lowest BCUT2D eigenvalue weighted by Gasteiger charge is -2.25. The van der Waals surface area contributed by atoms with Gasteiger partial charge in [-0.2, -0.15) is 0 Å². The zero-order valence-corrected chi connectivity index (χ0v) is 19.9. The predicted octanol–water partition coefficient (Wildman–Crippen LogP) is 2.86. The molecule has 0 saturated carbocycles. The number of rotatable bonds is 18. The van der Waals surface area contributed by atoms with Crippen LogP contribution < -0.4 is 5.32 Å². The van der Waals surface area contributed by atoms with E-state index in [9.17, 15) is 0 Å². The highest BCUT2D eigenvalue weighted by Crippen LogP contribution is 2.12. The van der Waals surface area contributed by atoms with Crippen molar-refractivity contribution in [1.29, 1.82) is 0 Å². The second-order valence-electron chi connectivity index (χ2n) is 5.27. The standard InChI is InChI=1S/C18H39NO6Si2/c1-7-20-26(21-8-2,22-9-3)17-13-15-19-16-14-18-27(23-10-4,24-11-5)25-12-6/h13-14,17-19H,7-12,15-16H2,1-6H3. The van der Waals surface area contributed by atoms with Crippen molar-refractivity contribution in [2.24, 2.45) is 0 Å². The van der Waals surface area contributed by atoms with Gasteiger partial charge in [0.2, 0.25) is 0 Å². The highest BCUT2D eigenvalue weighted by Gasteiger charge is 2.38. The summed E-state index contributed by atoms with van der Waals surface area (Å²) in [5.74, 6) is 0. The van der Waals surface area contributed by atoms with E-state index in [2.05, 4.69) is 5.32 Å². The van der Waals surface area contributed by atoms with Crippen molar-refractivity contribution in [3.63, 3.8) is 0 Å². The van der Waals surface area contributed by atoms with Crippen molar-refractivity contribution < 1.29 is 26.6 Å². The van der Waals surface area contributed by atoms with Crippen molar-refractivity contribution in [3.8, 4) is 0 Å². The van der Waals surface area contributed by atoms with Crippen LogP contribution in [0.4, 0.5) is 0 Å². The third kappa shape index (κ3) is 11.3. The molecule has 0 aliphatic rings. The van der Waals surface area contributed by atoms with Gasteiger partial charge in [-0.15, -0.1) is 0 Å². The second-order valence-corrected chi connectivity index (χ2v) is 10.1. The largest absolute Gasteiger partial charge is 0.529 e. The zero-order chi connectivity index (χ0) is 20.4. The molecule has 9 heteroatoms. The quantitative estimate of drug-likeness (QED) is 0.270. The van der Waals surface area contributed by atoms with E-state index in [-0.39, 0.29) is 0 Å². The lowest BCUT2D eigenvalue weighted by Crippen LogP contribution is -2.44. The molecular formula is C18H39NO6Si2. The minimum Gasteiger partial charge on any atom is -0.371 e. The van der Waals surface area contributed by atoms with Gasteiger partial charge in [0.15, 0.2) is 0 Å². The summed E-state index contributed by atoms with van der Waals surface area (Å²) in [5, 5.41) is 3.32. The Morgan fingerprint density at radius 1 is 0.519 bits per heavy atom. The molecule has 0 heterocycles. The number of hydrogen-bond donors (Lipinski definition) is 1. The molecule has 0 radical (unpaired) electrons. The fourth-order valence-electron chi connectivity index (χ4n) is 2.40. The maximum atomic E-state index is 5.79. The Morgan fingerprint density at radius 3 is 1.00 bits per heavy atom. The van der Waals surface area contributed by atoms with Crippen LogP contribution >= 0.6 is 0 Å². The molecule has 0 bridgehead atoms. The van der Waals surface area contributed by atoms with Crippen molar-refractivity contribution in [3.05, 3.63) is 23.6 Å². The summed E-state index contributed by atoms with van der Waals surface area (Å²) in [6.45, 7) is 16.4. The average molecular weight is 422 g/mol. The van der Waals surface area contributed by atoms with E-state index >= 15 is 0 Å².